The molecular weight excluding hydrogens is 618 g/mol. The molecule has 2 aromatic carbocycles. The zero-order valence-electron chi connectivity index (χ0n) is 26.6. The average Bonchev–Trinajstić information content (AvgIpc) is 3.21. The van der Waals surface area contributed by atoms with Crippen LogP contribution in [0.4, 0.5) is 5.69 Å². The van der Waals surface area contributed by atoms with Gasteiger partial charge in [-0.3, -0.25) is 4.79 Å². The zero-order chi connectivity index (χ0) is 32.1. The molecule has 0 N–H and O–H groups in total. The fourth-order valence-corrected chi connectivity index (χ4v) is 8.31. The number of esters is 1. The first-order valence-corrected chi connectivity index (χ1v) is 17.7. The van der Waals surface area contributed by atoms with E-state index in [2.05, 4.69) is 40.0 Å². The minimum absolute atomic E-state index is 0.173. The van der Waals surface area contributed by atoms with E-state index in [1.807, 2.05) is 30.3 Å². The van der Waals surface area contributed by atoms with E-state index in [4.69, 9.17) is 21.1 Å². The molecule has 9 heteroatoms. The van der Waals surface area contributed by atoms with Crippen molar-refractivity contribution in [2.45, 2.75) is 74.1 Å². The number of allylic oxidation sites excluding steroid dienone is 2. The zero-order valence-corrected chi connectivity index (χ0v) is 28.2. The molecule has 3 aliphatic rings. The highest BCUT2D eigenvalue weighted by molar-refractivity contribution is 7.99. The van der Waals surface area contributed by atoms with Gasteiger partial charge in [-0.1, -0.05) is 42.4 Å². The molecular formula is C37H42ClN3O4S. The first-order valence-electron chi connectivity index (χ1n) is 16.4. The Hall–Kier alpha value is -3.36. The topological polar surface area (TPSA) is 81.6 Å². The predicted octanol–water partition coefficient (Wildman–Crippen LogP) is 7.89. The van der Waals surface area contributed by atoms with Crippen molar-refractivity contribution in [3.05, 3.63) is 88.7 Å². The summed E-state index contributed by atoms with van der Waals surface area (Å²) in [5.74, 6) is 1.34. The summed E-state index contributed by atoms with van der Waals surface area (Å²) in [6.45, 7) is 4.32. The van der Waals surface area contributed by atoms with Crippen LogP contribution in [0.5, 0.6) is 5.75 Å². The molecule has 242 valence electrons. The van der Waals surface area contributed by atoms with Crippen LogP contribution >= 0.6 is 23.4 Å². The van der Waals surface area contributed by atoms with Gasteiger partial charge in [0.1, 0.15) is 5.75 Å². The monoisotopic (exact) mass is 659 g/mol. The van der Waals surface area contributed by atoms with Crippen LogP contribution < -0.4 is 9.64 Å². The standard InChI is InChI=1S/C37H42ClN3O4S/c1-3-31(46-36-39-18-5-19-40-36)14-13-30(42)12-9-25-7-8-28(25)22-41-23-37(17-4-6-26-20-29(38)11-15-32(26)37)24-45-34-16-10-27(21-33(34)41)35(43)44-2/h5,9-12,15-16,18-21,25,28,31H,3-4,6-8,13-14,17,22-24H2,1-2H3/b12-9+/t25-,28-,31+,37-/m0/s1. The van der Waals surface area contributed by atoms with Crippen molar-refractivity contribution in [2.24, 2.45) is 11.8 Å². The van der Waals surface area contributed by atoms with Crippen LogP contribution in [-0.2, 0) is 21.4 Å². The molecule has 6 rings (SSSR count). The van der Waals surface area contributed by atoms with Crippen molar-refractivity contribution in [3.63, 3.8) is 0 Å². The smallest absolute Gasteiger partial charge is 0.337 e. The molecule has 0 bridgehead atoms. The van der Waals surface area contributed by atoms with Crippen molar-refractivity contribution in [1.29, 1.82) is 0 Å². The third-order valence-corrected chi connectivity index (χ3v) is 11.5. The van der Waals surface area contributed by atoms with E-state index in [1.54, 1.807) is 30.2 Å². The Morgan fingerprint density at radius 1 is 1.20 bits per heavy atom. The predicted molar refractivity (Wildman–Crippen MR) is 183 cm³/mol. The highest BCUT2D eigenvalue weighted by atomic mass is 35.5. The number of ketones is 1. The van der Waals surface area contributed by atoms with Gasteiger partial charge >= 0.3 is 5.97 Å². The van der Waals surface area contributed by atoms with Crippen LogP contribution in [0.15, 0.2) is 72.2 Å². The van der Waals surface area contributed by atoms with Gasteiger partial charge in [0.2, 0.25) is 0 Å². The SMILES string of the molecule is CC[C@H](CCC(=O)/C=C/[C@@H]1CC[C@H]1CN1C[C@@]2(CCCc3cc(Cl)ccc32)COc2ccc(C(=O)OC)cc21)Sc1ncccn1. The molecule has 1 spiro atoms. The highest BCUT2D eigenvalue weighted by Gasteiger charge is 2.43. The average molecular weight is 660 g/mol. The molecule has 1 fully saturated rings. The molecule has 0 radical (unpaired) electrons. The molecule has 1 aromatic heterocycles. The van der Waals surface area contributed by atoms with Crippen LogP contribution in [0.25, 0.3) is 0 Å². The first-order chi connectivity index (χ1) is 22.4. The van der Waals surface area contributed by atoms with E-state index in [-0.39, 0.29) is 17.2 Å². The molecule has 46 heavy (non-hydrogen) atoms. The molecule has 0 amide bonds. The molecule has 0 unspecified atom stereocenters. The number of rotatable bonds is 11. The molecule has 3 aromatic rings. The molecule has 1 aliphatic heterocycles. The lowest BCUT2D eigenvalue weighted by Crippen LogP contribution is -2.48. The second-order valence-electron chi connectivity index (χ2n) is 12.8. The summed E-state index contributed by atoms with van der Waals surface area (Å²) in [5.41, 5.74) is 3.86. The van der Waals surface area contributed by atoms with E-state index in [9.17, 15) is 9.59 Å². The summed E-state index contributed by atoms with van der Waals surface area (Å²) in [5, 5.41) is 1.84. The number of fused-ring (bicyclic) bond motifs is 3. The number of nitrogens with zero attached hydrogens (tertiary/aromatic N) is 3. The number of hydrogen-bond acceptors (Lipinski definition) is 8. The maximum Gasteiger partial charge on any atom is 0.337 e. The Labute approximate surface area is 281 Å². The Morgan fingerprint density at radius 3 is 2.80 bits per heavy atom. The molecule has 2 heterocycles. The summed E-state index contributed by atoms with van der Waals surface area (Å²) in [6.07, 6.45) is 15.0. The number of hydrogen-bond donors (Lipinski definition) is 0. The summed E-state index contributed by atoms with van der Waals surface area (Å²) in [7, 11) is 1.41. The highest BCUT2D eigenvalue weighted by Crippen LogP contribution is 2.46. The number of thioether (sulfide) groups is 1. The lowest BCUT2D eigenvalue weighted by molar-refractivity contribution is -0.114. The van der Waals surface area contributed by atoms with Gasteiger partial charge in [-0.25, -0.2) is 14.8 Å². The number of carbonyl (C=O) groups is 2. The molecule has 1 saturated carbocycles. The lowest BCUT2D eigenvalue weighted by atomic mass is 9.69. The van der Waals surface area contributed by atoms with E-state index < -0.39 is 0 Å². The van der Waals surface area contributed by atoms with Gasteiger partial charge < -0.3 is 14.4 Å². The largest absolute Gasteiger partial charge is 0.490 e. The van der Waals surface area contributed by atoms with E-state index in [0.717, 1.165) is 79.7 Å². The third-order valence-electron chi connectivity index (χ3n) is 9.90. The number of ether oxygens (including phenoxy) is 2. The number of anilines is 1. The summed E-state index contributed by atoms with van der Waals surface area (Å²) in [4.78, 5) is 36.5. The van der Waals surface area contributed by atoms with Crippen molar-refractivity contribution < 1.29 is 19.1 Å². The maximum absolute atomic E-state index is 12.9. The van der Waals surface area contributed by atoms with Gasteiger partial charge in [-0.05, 0) is 110 Å². The fourth-order valence-electron chi connectivity index (χ4n) is 7.18. The van der Waals surface area contributed by atoms with Crippen LogP contribution in [0.2, 0.25) is 5.02 Å². The van der Waals surface area contributed by atoms with Crippen LogP contribution in [-0.4, -0.2) is 53.8 Å². The molecule has 0 saturated heterocycles. The number of aromatic nitrogens is 2. The Balaban J connectivity index is 1.17. The van der Waals surface area contributed by atoms with Gasteiger partial charge in [0.05, 0.1) is 25.0 Å². The van der Waals surface area contributed by atoms with Gasteiger partial charge in [-0.15, -0.1) is 0 Å². The summed E-state index contributed by atoms with van der Waals surface area (Å²) < 4.78 is 11.6. The van der Waals surface area contributed by atoms with Crippen molar-refractivity contribution in [2.75, 3.05) is 31.7 Å². The third kappa shape index (κ3) is 7.28. The van der Waals surface area contributed by atoms with Crippen molar-refractivity contribution in [1.82, 2.24) is 9.97 Å². The quantitative estimate of drug-likeness (QED) is 0.0890. The molecule has 7 nitrogen and oxygen atoms in total. The lowest BCUT2D eigenvalue weighted by Gasteiger charge is -2.44. The van der Waals surface area contributed by atoms with Gasteiger partial charge in [0.15, 0.2) is 10.9 Å². The second-order valence-corrected chi connectivity index (χ2v) is 14.5. The summed E-state index contributed by atoms with van der Waals surface area (Å²) in [6, 6.07) is 13.7. The first kappa shape index (κ1) is 32.6. The van der Waals surface area contributed by atoms with Crippen molar-refractivity contribution in [3.8, 4) is 5.75 Å². The minimum Gasteiger partial charge on any atom is -0.490 e. The number of halogens is 1. The second kappa shape index (κ2) is 14.6. The number of aryl methyl sites for hydroxylation is 1. The van der Waals surface area contributed by atoms with E-state index >= 15 is 0 Å². The van der Waals surface area contributed by atoms with E-state index in [0.29, 0.717) is 35.7 Å². The Bertz CT molecular complexity index is 1580. The number of methoxy groups -OCH3 is 1. The van der Waals surface area contributed by atoms with Gasteiger partial charge in [-0.2, -0.15) is 0 Å². The Morgan fingerprint density at radius 2 is 2.04 bits per heavy atom. The van der Waals surface area contributed by atoms with Crippen LogP contribution in [0.1, 0.15) is 73.4 Å². The van der Waals surface area contributed by atoms with Crippen LogP contribution in [0, 0.1) is 11.8 Å². The molecule has 2 aliphatic carbocycles. The van der Waals surface area contributed by atoms with E-state index in [1.165, 1.54) is 18.2 Å². The number of carbonyl (C=O) groups excluding carboxylic acids is 2. The fraction of sp³-hybridized carbons (Fsp3) is 0.459. The maximum atomic E-state index is 12.9. The van der Waals surface area contributed by atoms with Crippen molar-refractivity contribution >= 4 is 40.8 Å². The number of benzene rings is 2. The molecule has 4 atom stereocenters. The Kier molecular flexibility index (Phi) is 10.3. The van der Waals surface area contributed by atoms with Gasteiger partial charge in [0.25, 0.3) is 0 Å². The van der Waals surface area contributed by atoms with Gasteiger partial charge in [0, 0.05) is 47.6 Å². The van der Waals surface area contributed by atoms with Crippen LogP contribution in [0.3, 0.4) is 0 Å². The summed E-state index contributed by atoms with van der Waals surface area (Å²) >= 11 is 8.06. The minimum atomic E-state index is -0.359. The normalized spacial score (nSPS) is 22.7.